The minimum absolute atomic E-state index is 0.0250. The van der Waals surface area contributed by atoms with Crippen LogP contribution in [0.25, 0.3) is 6.08 Å². The molecule has 0 bridgehead atoms. The quantitative estimate of drug-likeness (QED) is 0.617. The summed E-state index contributed by atoms with van der Waals surface area (Å²) in [5.41, 5.74) is 6.93. The highest BCUT2D eigenvalue weighted by molar-refractivity contribution is 5.96. The molecule has 0 N–H and O–H groups in total. The molecule has 1 amide bonds. The Kier molecular flexibility index (Phi) is 4.44. The molecule has 0 fully saturated rings. The van der Waals surface area contributed by atoms with E-state index in [1.807, 2.05) is 47.5 Å². The van der Waals surface area contributed by atoms with E-state index in [1.165, 1.54) is 27.9 Å². The van der Waals surface area contributed by atoms with Crippen LogP contribution in [-0.2, 0) is 6.42 Å². The maximum absolute atomic E-state index is 13.4. The fourth-order valence-corrected chi connectivity index (χ4v) is 4.55. The van der Waals surface area contributed by atoms with Gasteiger partial charge in [0, 0.05) is 30.5 Å². The molecule has 0 spiro atoms. The van der Waals surface area contributed by atoms with Crippen LogP contribution in [0, 0.1) is 0 Å². The summed E-state index contributed by atoms with van der Waals surface area (Å²) in [4.78, 5) is 17.7. The average Bonchev–Trinajstić information content (AvgIpc) is 3.20. The molecule has 0 aliphatic carbocycles. The van der Waals surface area contributed by atoms with Gasteiger partial charge in [0.2, 0.25) is 0 Å². The van der Waals surface area contributed by atoms with Gasteiger partial charge < -0.3 is 9.80 Å². The van der Waals surface area contributed by atoms with E-state index in [2.05, 4.69) is 54.3 Å². The number of carbonyl (C=O) groups is 1. The van der Waals surface area contributed by atoms with Crippen molar-refractivity contribution < 1.29 is 4.79 Å². The number of fused-ring (bicyclic) bond motifs is 2. The first-order valence-electron chi connectivity index (χ1n) is 10.3. The van der Waals surface area contributed by atoms with Crippen LogP contribution < -0.4 is 4.90 Å². The van der Waals surface area contributed by atoms with Crippen LogP contribution in [-0.4, -0.2) is 23.9 Å². The van der Waals surface area contributed by atoms with Crippen molar-refractivity contribution in [2.45, 2.75) is 19.4 Å². The van der Waals surface area contributed by atoms with Gasteiger partial charge in [-0.2, -0.15) is 0 Å². The molecule has 5 rings (SSSR count). The Bertz CT molecular complexity index is 1090. The first kappa shape index (κ1) is 17.7. The monoisotopic (exact) mass is 380 g/mol. The molecule has 3 nitrogen and oxygen atoms in total. The second-order valence-corrected chi connectivity index (χ2v) is 7.64. The highest BCUT2D eigenvalue weighted by Gasteiger charge is 2.31. The molecule has 0 unspecified atom stereocenters. The summed E-state index contributed by atoms with van der Waals surface area (Å²) in [6, 6.07) is 24.5. The molecule has 0 aromatic heterocycles. The lowest BCUT2D eigenvalue weighted by molar-refractivity contribution is 0.0787. The molecule has 0 saturated heterocycles. The molecule has 3 aromatic carbocycles. The first-order valence-corrected chi connectivity index (χ1v) is 10.3. The Labute approximate surface area is 171 Å². The predicted octanol–water partition coefficient (Wildman–Crippen LogP) is 5.29. The van der Waals surface area contributed by atoms with Gasteiger partial charge in [-0.05, 0) is 59.9 Å². The third kappa shape index (κ3) is 3.03. The standard InChI is InChI=1S/C26H24N2O/c1-2-27-16-14-21-18-22(12-13-24(21)27)25-23-11-7-6-8-19(23)15-17-28(25)26(29)20-9-4-3-5-10-20/h3-13,15,17-18,25H,2,14,16H2,1H3/t25-/m1/s1. The smallest absolute Gasteiger partial charge is 0.258 e. The zero-order valence-corrected chi connectivity index (χ0v) is 16.6. The van der Waals surface area contributed by atoms with Crippen molar-refractivity contribution >= 4 is 17.7 Å². The Balaban J connectivity index is 1.61. The number of rotatable bonds is 3. The Morgan fingerprint density at radius 1 is 1.00 bits per heavy atom. The van der Waals surface area contributed by atoms with Gasteiger partial charge in [0.25, 0.3) is 5.91 Å². The van der Waals surface area contributed by atoms with Gasteiger partial charge in [-0.15, -0.1) is 0 Å². The van der Waals surface area contributed by atoms with Gasteiger partial charge in [-0.3, -0.25) is 4.79 Å². The van der Waals surface area contributed by atoms with E-state index in [1.54, 1.807) is 0 Å². The summed E-state index contributed by atoms with van der Waals surface area (Å²) in [6.45, 7) is 4.30. The minimum atomic E-state index is -0.120. The van der Waals surface area contributed by atoms with Gasteiger partial charge in [0.15, 0.2) is 0 Å². The van der Waals surface area contributed by atoms with E-state index >= 15 is 0 Å². The second kappa shape index (κ2) is 7.25. The topological polar surface area (TPSA) is 23.6 Å². The van der Waals surface area contributed by atoms with Crippen molar-refractivity contribution in [3.05, 3.63) is 107 Å². The van der Waals surface area contributed by atoms with Crippen LogP contribution in [0.2, 0.25) is 0 Å². The van der Waals surface area contributed by atoms with Crippen LogP contribution in [0.15, 0.2) is 79.0 Å². The molecule has 2 aliphatic rings. The van der Waals surface area contributed by atoms with E-state index in [0.29, 0.717) is 5.56 Å². The number of carbonyl (C=O) groups excluding carboxylic acids is 1. The third-order valence-corrected chi connectivity index (χ3v) is 6.03. The molecule has 1 atom stereocenters. The summed E-state index contributed by atoms with van der Waals surface area (Å²) in [6.07, 6.45) is 5.04. The van der Waals surface area contributed by atoms with E-state index in [4.69, 9.17) is 0 Å². The molecule has 0 saturated carbocycles. The lowest BCUT2D eigenvalue weighted by atomic mass is 9.89. The van der Waals surface area contributed by atoms with Crippen LogP contribution >= 0.6 is 0 Å². The highest BCUT2D eigenvalue weighted by atomic mass is 16.2. The van der Waals surface area contributed by atoms with Crippen molar-refractivity contribution in [1.82, 2.24) is 4.90 Å². The van der Waals surface area contributed by atoms with Crippen LogP contribution in [0.5, 0.6) is 0 Å². The molecule has 29 heavy (non-hydrogen) atoms. The normalized spacial score (nSPS) is 17.2. The van der Waals surface area contributed by atoms with E-state index < -0.39 is 0 Å². The van der Waals surface area contributed by atoms with Gasteiger partial charge in [-0.25, -0.2) is 0 Å². The number of amides is 1. The van der Waals surface area contributed by atoms with Gasteiger partial charge in [0.05, 0.1) is 6.04 Å². The number of hydrogen-bond donors (Lipinski definition) is 0. The largest absolute Gasteiger partial charge is 0.371 e. The van der Waals surface area contributed by atoms with Crippen LogP contribution in [0.4, 0.5) is 5.69 Å². The lowest BCUT2D eigenvalue weighted by Gasteiger charge is -2.34. The fourth-order valence-electron chi connectivity index (χ4n) is 4.55. The second-order valence-electron chi connectivity index (χ2n) is 7.64. The summed E-state index contributed by atoms with van der Waals surface area (Å²) in [5, 5.41) is 0. The van der Waals surface area contributed by atoms with Gasteiger partial charge >= 0.3 is 0 Å². The van der Waals surface area contributed by atoms with Crippen molar-refractivity contribution in [1.29, 1.82) is 0 Å². The van der Waals surface area contributed by atoms with E-state index in [-0.39, 0.29) is 11.9 Å². The first-order chi connectivity index (χ1) is 14.3. The molecular formula is C26H24N2O. The van der Waals surface area contributed by atoms with Crippen molar-refractivity contribution in [3.8, 4) is 0 Å². The van der Waals surface area contributed by atoms with E-state index in [9.17, 15) is 4.79 Å². The fraction of sp³-hybridized carbons (Fsp3) is 0.192. The van der Waals surface area contributed by atoms with Crippen LogP contribution in [0.3, 0.4) is 0 Å². The number of nitrogens with zero attached hydrogens (tertiary/aromatic N) is 2. The van der Waals surface area contributed by atoms with Crippen molar-refractivity contribution in [2.75, 3.05) is 18.0 Å². The Morgan fingerprint density at radius 2 is 1.79 bits per heavy atom. The number of hydrogen-bond acceptors (Lipinski definition) is 2. The molecular weight excluding hydrogens is 356 g/mol. The van der Waals surface area contributed by atoms with Gasteiger partial charge in [-0.1, -0.05) is 54.6 Å². The molecule has 2 heterocycles. The van der Waals surface area contributed by atoms with E-state index in [0.717, 1.165) is 19.5 Å². The van der Waals surface area contributed by atoms with Gasteiger partial charge in [0.1, 0.15) is 0 Å². The van der Waals surface area contributed by atoms with Crippen LogP contribution in [0.1, 0.15) is 45.6 Å². The summed E-state index contributed by atoms with van der Waals surface area (Å²) in [5.74, 6) is 0.0250. The average molecular weight is 380 g/mol. The Hall–Kier alpha value is -3.33. The highest BCUT2D eigenvalue weighted by Crippen LogP contribution is 2.39. The summed E-state index contributed by atoms with van der Waals surface area (Å²) >= 11 is 0. The molecule has 0 radical (unpaired) electrons. The Morgan fingerprint density at radius 3 is 2.62 bits per heavy atom. The predicted molar refractivity (Wildman–Crippen MR) is 118 cm³/mol. The van der Waals surface area contributed by atoms with Crippen molar-refractivity contribution in [2.24, 2.45) is 0 Å². The SMILES string of the molecule is CCN1CCc2cc([C@@H]3c4ccccc4C=CN3C(=O)c3ccccc3)ccc21. The molecule has 3 heteroatoms. The summed E-state index contributed by atoms with van der Waals surface area (Å²) in [7, 11) is 0. The number of benzene rings is 3. The zero-order chi connectivity index (χ0) is 19.8. The number of anilines is 1. The maximum atomic E-state index is 13.4. The molecule has 144 valence electrons. The zero-order valence-electron chi connectivity index (χ0n) is 16.6. The molecule has 3 aromatic rings. The maximum Gasteiger partial charge on any atom is 0.258 e. The number of likely N-dealkylation sites (N-methyl/N-ethyl adjacent to an activating group) is 1. The van der Waals surface area contributed by atoms with Crippen molar-refractivity contribution in [3.63, 3.8) is 0 Å². The minimum Gasteiger partial charge on any atom is -0.371 e. The lowest BCUT2D eigenvalue weighted by Crippen LogP contribution is -2.33. The third-order valence-electron chi connectivity index (χ3n) is 6.03. The summed E-state index contributed by atoms with van der Waals surface area (Å²) < 4.78 is 0. The molecule has 2 aliphatic heterocycles.